The summed E-state index contributed by atoms with van der Waals surface area (Å²) in [7, 11) is 0. The first-order valence-corrected chi connectivity index (χ1v) is 7.21. The second kappa shape index (κ2) is 4.46. The Kier molecular flexibility index (Phi) is 2.58. The Hall–Kier alpha value is -2.60. The van der Waals surface area contributed by atoms with Crippen LogP contribution in [0.2, 0.25) is 0 Å². The molecule has 2 N–H and O–H groups in total. The maximum absolute atomic E-state index is 5.80. The number of hydrogen-bond acceptors (Lipinski definition) is 6. The van der Waals surface area contributed by atoms with Gasteiger partial charge in [-0.2, -0.15) is 4.98 Å². The highest BCUT2D eigenvalue weighted by atomic mass is 32.1. The number of rotatable bonds is 2. The lowest BCUT2D eigenvalue weighted by molar-refractivity contribution is 0.431. The molecule has 0 bridgehead atoms. The maximum atomic E-state index is 5.80. The van der Waals surface area contributed by atoms with Gasteiger partial charge in [0.15, 0.2) is 5.76 Å². The predicted molar refractivity (Wildman–Crippen MR) is 82.0 cm³/mol. The number of nitrogen functional groups attached to an aromatic ring is 1. The second-order valence-corrected chi connectivity index (χ2v) is 5.82. The van der Waals surface area contributed by atoms with Crippen LogP contribution in [0, 0.1) is 6.92 Å². The molecule has 0 saturated carbocycles. The van der Waals surface area contributed by atoms with Gasteiger partial charge in [-0.15, -0.1) is 11.3 Å². The number of nitrogens with two attached hydrogens (primary N) is 1. The molecule has 0 spiro atoms. The molecule has 0 aliphatic carbocycles. The first-order valence-electron chi connectivity index (χ1n) is 6.39. The van der Waals surface area contributed by atoms with Gasteiger partial charge in [-0.25, -0.2) is 0 Å². The number of aromatic nitrogens is 2. The van der Waals surface area contributed by atoms with Crippen molar-refractivity contribution in [2.45, 2.75) is 6.92 Å². The lowest BCUT2D eigenvalue weighted by atomic mass is 10.2. The summed E-state index contributed by atoms with van der Waals surface area (Å²) in [5, 5.41) is 5.73. The summed E-state index contributed by atoms with van der Waals surface area (Å²) in [6.07, 6.45) is 0. The Morgan fingerprint density at radius 1 is 1.19 bits per heavy atom. The Morgan fingerprint density at radius 2 is 2.05 bits per heavy atom. The zero-order chi connectivity index (χ0) is 14.4. The fourth-order valence-electron chi connectivity index (χ4n) is 2.23. The summed E-state index contributed by atoms with van der Waals surface area (Å²) in [5.41, 5.74) is 7.62. The van der Waals surface area contributed by atoms with E-state index in [1.807, 2.05) is 43.3 Å². The van der Waals surface area contributed by atoms with Crippen LogP contribution in [0.5, 0.6) is 0 Å². The maximum Gasteiger partial charge on any atom is 0.268 e. The van der Waals surface area contributed by atoms with Crippen LogP contribution in [0.15, 0.2) is 45.3 Å². The molecule has 0 atom stereocenters. The van der Waals surface area contributed by atoms with Crippen molar-refractivity contribution in [2.75, 3.05) is 5.73 Å². The molecule has 3 aromatic heterocycles. The van der Waals surface area contributed by atoms with Crippen LogP contribution >= 0.6 is 11.3 Å². The molecule has 0 fully saturated rings. The number of anilines is 1. The first kappa shape index (κ1) is 12.2. The molecule has 104 valence electrons. The Morgan fingerprint density at radius 3 is 2.81 bits per heavy atom. The van der Waals surface area contributed by atoms with Gasteiger partial charge in [0, 0.05) is 5.39 Å². The zero-order valence-corrected chi connectivity index (χ0v) is 12.0. The van der Waals surface area contributed by atoms with Crippen LogP contribution in [0.1, 0.15) is 5.56 Å². The van der Waals surface area contributed by atoms with E-state index in [9.17, 15) is 0 Å². The number of benzene rings is 1. The quantitative estimate of drug-likeness (QED) is 0.602. The average molecular weight is 297 g/mol. The molecule has 0 radical (unpaired) electrons. The van der Waals surface area contributed by atoms with E-state index in [0.717, 1.165) is 26.4 Å². The van der Waals surface area contributed by atoms with Gasteiger partial charge < -0.3 is 14.7 Å². The van der Waals surface area contributed by atoms with Crippen molar-refractivity contribution in [2.24, 2.45) is 0 Å². The minimum absolute atomic E-state index is 0.438. The molecule has 0 amide bonds. The Labute approximate surface area is 124 Å². The summed E-state index contributed by atoms with van der Waals surface area (Å²) in [5.74, 6) is 1.49. The number of hydrogen-bond donors (Lipinski definition) is 1. The van der Waals surface area contributed by atoms with Crippen molar-refractivity contribution in [1.82, 2.24) is 10.1 Å². The lowest BCUT2D eigenvalue weighted by Crippen LogP contribution is -1.77. The van der Waals surface area contributed by atoms with Crippen LogP contribution in [-0.4, -0.2) is 10.1 Å². The van der Waals surface area contributed by atoms with Gasteiger partial charge in [-0.05, 0) is 30.7 Å². The second-order valence-electron chi connectivity index (χ2n) is 4.73. The molecule has 6 heteroatoms. The van der Waals surface area contributed by atoms with Gasteiger partial charge in [0.25, 0.3) is 5.89 Å². The van der Waals surface area contributed by atoms with Crippen LogP contribution in [0.4, 0.5) is 5.00 Å². The summed E-state index contributed by atoms with van der Waals surface area (Å²) in [4.78, 5) is 5.29. The first-order chi connectivity index (χ1) is 10.2. The van der Waals surface area contributed by atoms with Gasteiger partial charge in [0.2, 0.25) is 5.82 Å². The van der Waals surface area contributed by atoms with Crippen LogP contribution < -0.4 is 5.73 Å². The van der Waals surface area contributed by atoms with E-state index < -0.39 is 0 Å². The third-order valence-electron chi connectivity index (χ3n) is 3.20. The normalized spacial score (nSPS) is 11.3. The highest BCUT2D eigenvalue weighted by Gasteiger charge is 2.17. The van der Waals surface area contributed by atoms with E-state index in [0.29, 0.717) is 17.5 Å². The molecular weight excluding hydrogens is 286 g/mol. The van der Waals surface area contributed by atoms with E-state index in [2.05, 4.69) is 10.1 Å². The van der Waals surface area contributed by atoms with Crippen molar-refractivity contribution in [3.8, 4) is 22.4 Å². The lowest BCUT2D eigenvalue weighted by Gasteiger charge is -1.88. The molecule has 4 rings (SSSR count). The van der Waals surface area contributed by atoms with E-state index in [1.165, 1.54) is 11.3 Å². The van der Waals surface area contributed by atoms with Crippen molar-refractivity contribution in [3.63, 3.8) is 0 Å². The standard InChI is InChI=1S/C15H11N3O2S/c1-8-6-12(16)21-13(8)15-17-14(18-20-15)11-7-9-4-2-3-5-10(9)19-11/h2-7H,16H2,1H3. The number of para-hydroxylation sites is 1. The molecule has 4 aromatic rings. The summed E-state index contributed by atoms with van der Waals surface area (Å²) < 4.78 is 11.1. The number of furan rings is 1. The highest BCUT2D eigenvalue weighted by Crippen LogP contribution is 2.34. The molecule has 0 aliphatic rings. The average Bonchev–Trinajstić information content (AvgIpc) is 3.15. The van der Waals surface area contributed by atoms with Crippen LogP contribution in [0.3, 0.4) is 0 Å². The van der Waals surface area contributed by atoms with E-state index in [4.69, 9.17) is 14.7 Å². The molecule has 0 unspecified atom stereocenters. The topological polar surface area (TPSA) is 78.1 Å². The molecular formula is C15H11N3O2S. The van der Waals surface area contributed by atoms with Crippen molar-refractivity contribution in [3.05, 3.63) is 42.0 Å². The van der Waals surface area contributed by atoms with Gasteiger partial charge >= 0.3 is 0 Å². The third kappa shape index (κ3) is 2.00. The van der Waals surface area contributed by atoms with Crippen LogP contribution in [-0.2, 0) is 0 Å². The van der Waals surface area contributed by atoms with E-state index in [-0.39, 0.29) is 0 Å². The van der Waals surface area contributed by atoms with E-state index >= 15 is 0 Å². The largest absolute Gasteiger partial charge is 0.453 e. The van der Waals surface area contributed by atoms with Gasteiger partial charge in [-0.1, -0.05) is 23.4 Å². The number of aryl methyl sites for hydroxylation is 1. The fraction of sp³-hybridized carbons (Fsp3) is 0.0667. The van der Waals surface area contributed by atoms with Gasteiger partial charge in [0.05, 0.1) is 9.88 Å². The fourth-order valence-corrected chi connectivity index (χ4v) is 3.09. The molecule has 0 aliphatic heterocycles. The molecule has 5 nitrogen and oxygen atoms in total. The van der Waals surface area contributed by atoms with Crippen molar-refractivity contribution >= 4 is 27.3 Å². The highest BCUT2D eigenvalue weighted by molar-refractivity contribution is 7.19. The smallest absolute Gasteiger partial charge is 0.268 e. The monoisotopic (exact) mass is 297 g/mol. The summed E-state index contributed by atoms with van der Waals surface area (Å²) >= 11 is 1.43. The predicted octanol–water partition coefficient (Wildman–Crippen LogP) is 4.10. The number of thiophene rings is 1. The molecule has 3 heterocycles. The van der Waals surface area contributed by atoms with Crippen LogP contribution in [0.25, 0.3) is 33.3 Å². The zero-order valence-electron chi connectivity index (χ0n) is 11.2. The van der Waals surface area contributed by atoms with Gasteiger partial charge in [-0.3, -0.25) is 0 Å². The van der Waals surface area contributed by atoms with Crippen molar-refractivity contribution in [1.29, 1.82) is 0 Å². The summed E-state index contributed by atoms with van der Waals surface area (Å²) in [6, 6.07) is 11.6. The summed E-state index contributed by atoms with van der Waals surface area (Å²) in [6.45, 7) is 1.97. The van der Waals surface area contributed by atoms with E-state index in [1.54, 1.807) is 0 Å². The SMILES string of the molecule is Cc1cc(N)sc1-c1nc(-c2cc3ccccc3o2)no1. The minimum Gasteiger partial charge on any atom is -0.453 e. The van der Waals surface area contributed by atoms with Crippen molar-refractivity contribution < 1.29 is 8.94 Å². The third-order valence-corrected chi connectivity index (χ3v) is 4.26. The molecule has 0 saturated heterocycles. The van der Waals surface area contributed by atoms with Gasteiger partial charge in [0.1, 0.15) is 5.58 Å². The Bertz CT molecular complexity index is 902. The molecule has 1 aromatic carbocycles. The number of nitrogens with zero attached hydrogens (tertiary/aromatic N) is 2. The Balaban J connectivity index is 1.78. The minimum atomic E-state index is 0.438. The molecule has 21 heavy (non-hydrogen) atoms. The number of fused-ring (bicyclic) bond motifs is 1.